The standard InChI is InChI=1S/C38H75NO4/c1-3-5-7-9-11-13-15-16-17-18-19-20-21-23-25-27-29-31-33-37(42)39-35(34-40)38(43)36(41)32-30-28-26-24-22-14-12-10-8-6-4-2/h24,26,35-36,38,40-41,43H,3-23,25,27-34H2,1-2H3,(H,39,42)/b26-24+. The highest BCUT2D eigenvalue weighted by atomic mass is 16.3. The van der Waals surface area contributed by atoms with Gasteiger partial charge in [-0.1, -0.05) is 167 Å². The molecule has 0 aliphatic rings. The maximum Gasteiger partial charge on any atom is 0.220 e. The molecule has 4 N–H and O–H groups in total. The average molecular weight is 610 g/mol. The van der Waals surface area contributed by atoms with Gasteiger partial charge in [0, 0.05) is 6.42 Å². The van der Waals surface area contributed by atoms with Crippen molar-refractivity contribution in [2.45, 2.75) is 218 Å². The molecular formula is C38H75NO4. The fourth-order valence-electron chi connectivity index (χ4n) is 5.87. The minimum Gasteiger partial charge on any atom is -0.394 e. The van der Waals surface area contributed by atoms with Crippen molar-refractivity contribution in [1.29, 1.82) is 0 Å². The van der Waals surface area contributed by atoms with Crippen LogP contribution in [0.5, 0.6) is 0 Å². The van der Waals surface area contributed by atoms with Gasteiger partial charge in [0.15, 0.2) is 0 Å². The predicted molar refractivity (Wildman–Crippen MR) is 185 cm³/mol. The molecule has 0 saturated heterocycles. The molecule has 3 atom stereocenters. The summed E-state index contributed by atoms with van der Waals surface area (Å²) in [6.07, 6.45) is 37.4. The van der Waals surface area contributed by atoms with E-state index in [1.807, 2.05) is 0 Å². The van der Waals surface area contributed by atoms with Crippen LogP contribution in [-0.4, -0.2) is 46.1 Å². The molecule has 3 unspecified atom stereocenters. The molecule has 0 fully saturated rings. The SMILES string of the molecule is CCCCCCCC/C=C/CCCC(O)C(O)C(CO)NC(=O)CCCCCCCCCCCCCCCCCCCC. The molecule has 0 heterocycles. The van der Waals surface area contributed by atoms with Gasteiger partial charge in [0.2, 0.25) is 5.91 Å². The van der Waals surface area contributed by atoms with E-state index in [0.717, 1.165) is 38.5 Å². The Morgan fingerprint density at radius 1 is 0.558 bits per heavy atom. The van der Waals surface area contributed by atoms with Gasteiger partial charge < -0.3 is 20.6 Å². The zero-order valence-corrected chi connectivity index (χ0v) is 28.8. The van der Waals surface area contributed by atoms with Gasteiger partial charge in [0.05, 0.1) is 18.8 Å². The molecule has 0 bridgehead atoms. The molecule has 0 aromatic heterocycles. The summed E-state index contributed by atoms with van der Waals surface area (Å²) in [6, 6.07) is -0.818. The molecule has 1 amide bonds. The van der Waals surface area contributed by atoms with Crippen molar-refractivity contribution >= 4 is 5.91 Å². The van der Waals surface area contributed by atoms with Crippen molar-refractivity contribution in [1.82, 2.24) is 5.32 Å². The summed E-state index contributed by atoms with van der Waals surface area (Å²) in [7, 11) is 0. The quantitative estimate of drug-likeness (QED) is 0.0432. The number of aliphatic hydroxyl groups excluding tert-OH is 3. The van der Waals surface area contributed by atoms with E-state index in [1.54, 1.807) is 0 Å². The maximum absolute atomic E-state index is 12.3. The van der Waals surface area contributed by atoms with Gasteiger partial charge in [-0.2, -0.15) is 0 Å². The third-order valence-corrected chi connectivity index (χ3v) is 8.87. The minimum absolute atomic E-state index is 0.153. The monoisotopic (exact) mass is 610 g/mol. The summed E-state index contributed by atoms with van der Waals surface area (Å²) < 4.78 is 0. The molecule has 0 spiro atoms. The zero-order chi connectivity index (χ0) is 31.6. The lowest BCUT2D eigenvalue weighted by molar-refractivity contribution is -0.124. The molecule has 5 heteroatoms. The first kappa shape index (κ1) is 42.1. The van der Waals surface area contributed by atoms with Crippen molar-refractivity contribution in [3.05, 3.63) is 12.2 Å². The zero-order valence-electron chi connectivity index (χ0n) is 28.8. The van der Waals surface area contributed by atoms with Crippen LogP contribution in [0.2, 0.25) is 0 Å². The normalized spacial score (nSPS) is 13.9. The Bertz CT molecular complexity index is 596. The maximum atomic E-state index is 12.3. The Morgan fingerprint density at radius 2 is 0.930 bits per heavy atom. The minimum atomic E-state index is -1.15. The van der Waals surface area contributed by atoms with Crippen LogP contribution in [0.25, 0.3) is 0 Å². The van der Waals surface area contributed by atoms with Crippen molar-refractivity contribution < 1.29 is 20.1 Å². The largest absolute Gasteiger partial charge is 0.394 e. The van der Waals surface area contributed by atoms with Crippen LogP contribution >= 0.6 is 0 Å². The van der Waals surface area contributed by atoms with E-state index in [1.165, 1.54) is 135 Å². The highest BCUT2D eigenvalue weighted by molar-refractivity contribution is 5.76. The van der Waals surface area contributed by atoms with Crippen molar-refractivity contribution in [2.24, 2.45) is 0 Å². The van der Waals surface area contributed by atoms with Crippen molar-refractivity contribution in [2.75, 3.05) is 6.61 Å². The third-order valence-electron chi connectivity index (χ3n) is 8.87. The van der Waals surface area contributed by atoms with E-state index in [-0.39, 0.29) is 12.5 Å². The molecule has 0 saturated carbocycles. The Hall–Kier alpha value is -0.910. The van der Waals surface area contributed by atoms with Gasteiger partial charge in [-0.3, -0.25) is 4.79 Å². The molecule has 0 aliphatic carbocycles. The fraction of sp³-hybridized carbons (Fsp3) is 0.921. The van der Waals surface area contributed by atoms with E-state index in [9.17, 15) is 20.1 Å². The van der Waals surface area contributed by atoms with Gasteiger partial charge in [0.25, 0.3) is 0 Å². The molecule has 0 aromatic rings. The summed E-state index contributed by atoms with van der Waals surface area (Å²) >= 11 is 0. The molecule has 43 heavy (non-hydrogen) atoms. The molecule has 0 aromatic carbocycles. The summed E-state index contributed by atoms with van der Waals surface area (Å²) in [4.78, 5) is 12.3. The summed E-state index contributed by atoms with van der Waals surface area (Å²) in [5, 5.41) is 33.3. The van der Waals surface area contributed by atoms with Crippen LogP contribution in [0.4, 0.5) is 0 Å². The smallest absolute Gasteiger partial charge is 0.220 e. The lowest BCUT2D eigenvalue weighted by Crippen LogP contribution is -2.50. The van der Waals surface area contributed by atoms with E-state index < -0.39 is 18.2 Å². The Kier molecular flexibility index (Phi) is 33.3. The Labute approximate surface area is 268 Å². The Morgan fingerprint density at radius 3 is 1.35 bits per heavy atom. The van der Waals surface area contributed by atoms with Crippen LogP contribution in [0.3, 0.4) is 0 Å². The second-order valence-corrected chi connectivity index (χ2v) is 13.1. The average Bonchev–Trinajstić information content (AvgIpc) is 3.01. The number of nitrogens with one attached hydrogen (secondary N) is 1. The van der Waals surface area contributed by atoms with E-state index in [0.29, 0.717) is 12.8 Å². The second-order valence-electron chi connectivity index (χ2n) is 13.1. The molecular weight excluding hydrogens is 534 g/mol. The van der Waals surface area contributed by atoms with Crippen LogP contribution in [-0.2, 0) is 4.79 Å². The first-order valence-electron chi connectivity index (χ1n) is 19.0. The highest BCUT2D eigenvalue weighted by Gasteiger charge is 2.26. The first-order chi connectivity index (χ1) is 21.1. The van der Waals surface area contributed by atoms with Gasteiger partial charge in [-0.15, -0.1) is 0 Å². The first-order valence-corrected chi connectivity index (χ1v) is 19.0. The van der Waals surface area contributed by atoms with Crippen LogP contribution in [0.15, 0.2) is 12.2 Å². The van der Waals surface area contributed by atoms with E-state index >= 15 is 0 Å². The molecule has 0 radical (unpaired) electrons. The number of rotatable bonds is 34. The number of hydrogen-bond acceptors (Lipinski definition) is 4. The number of carbonyl (C=O) groups excluding carboxylic acids is 1. The van der Waals surface area contributed by atoms with Gasteiger partial charge in [0.1, 0.15) is 6.10 Å². The third kappa shape index (κ3) is 29.6. The number of carbonyl (C=O) groups is 1. The second kappa shape index (κ2) is 34.0. The lowest BCUT2D eigenvalue weighted by atomic mass is 10.0. The van der Waals surface area contributed by atoms with Crippen molar-refractivity contribution in [3.63, 3.8) is 0 Å². The van der Waals surface area contributed by atoms with Gasteiger partial charge in [-0.05, 0) is 38.5 Å². The molecule has 0 rings (SSSR count). The van der Waals surface area contributed by atoms with Crippen LogP contribution in [0.1, 0.15) is 200 Å². The van der Waals surface area contributed by atoms with E-state index in [4.69, 9.17) is 0 Å². The fourth-order valence-corrected chi connectivity index (χ4v) is 5.87. The van der Waals surface area contributed by atoms with Crippen molar-refractivity contribution in [3.8, 4) is 0 Å². The van der Waals surface area contributed by atoms with Crippen LogP contribution in [0, 0.1) is 0 Å². The molecule has 256 valence electrons. The lowest BCUT2D eigenvalue weighted by Gasteiger charge is -2.26. The number of aliphatic hydroxyl groups is 3. The number of unbranched alkanes of at least 4 members (excludes halogenated alkanes) is 24. The van der Waals surface area contributed by atoms with Gasteiger partial charge in [-0.25, -0.2) is 0 Å². The van der Waals surface area contributed by atoms with Crippen LogP contribution < -0.4 is 5.32 Å². The predicted octanol–water partition coefficient (Wildman–Crippen LogP) is 10.1. The summed E-state index contributed by atoms with van der Waals surface area (Å²) in [6.45, 7) is 4.14. The number of hydrogen-bond donors (Lipinski definition) is 4. The molecule has 0 aliphatic heterocycles. The highest BCUT2D eigenvalue weighted by Crippen LogP contribution is 2.15. The summed E-state index contributed by atoms with van der Waals surface area (Å²) in [5.74, 6) is -0.153. The summed E-state index contributed by atoms with van der Waals surface area (Å²) in [5.41, 5.74) is 0. The van der Waals surface area contributed by atoms with Gasteiger partial charge >= 0.3 is 0 Å². The Balaban J connectivity index is 3.66. The molecule has 5 nitrogen and oxygen atoms in total. The van der Waals surface area contributed by atoms with E-state index in [2.05, 4.69) is 31.3 Å². The number of amides is 1. The topological polar surface area (TPSA) is 89.8 Å². The number of allylic oxidation sites excluding steroid dienone is 2.